The van der Waals surface area contributed by atoms with Crippen LogP contribution in [0.3, 0.4) is 0 Å². The summed E-state index contributed by atoms with van der Waals surface area (Å²) in [5.74, 6) is 0.762. The van der Waals surface area contributed by atoms with Gasteiger partial charge in [0.25, 0.3) is 0 Å². The van der Waals surface area contributed by atoms with Crippen molar-refractivity contribution in [2.75, 3.05) is 19.8 Å². The fourth-order valence-corrected chi connectivity index (χ4v) is 4.06. The third-order valence-corrected chi connectivity index (χ3v) is 5.90. The number of aryl methyl sites for hydroxylation is 1. The number of hydrogen-bond acceptors (Lipinski definition) is 5. The first-order chi connectivity index (χ1) is 14.8. The number of nitrogens with one attached hydrogen (secondary N) is 2. The van der Waals surface area contributed by atoms with E-state index in [2.05, 4.69) is 20.6 Å². The minimum atomic E-state index is -3.23. The van der Waals surface area contributed by atoms with Gasteiger partial charge in [0, 0.05) is 38.4 Å². The third kappa shape index (κ3) is 7.02. The summed E-state index contributed by atoms with van der Waals surface area (Å²) in [6.07, 6.45) is 3.41. The summed E-state index contributed by atoms with van der Waals surface area (Å²) in [6.45, 7) is 2.87. The van der Waals surface area contributed by atoms with Gasteiger partial charge >= 0.3 is 0 Å². The van der Waals surface area contributed by atoms with Crippen molar-refractivity contribution in [2.45, 2.75) is 24.8 Å². The van der Waals surface area contributed by atoms with E-state index in [1.807, 2.05) is 6.07 Å². The monoisotopic (exact) mass is 572 g/mol. The van der Waals surface area contributed by atoms with E-state index in [0.29, 0.717) is 41.8 Å². The lowest BCUT2D eigenvalue weighted by Gasteiger charge is -2.12. The van der Waals surface area contributed by atoms with E-state index in [1.165, 1.54) is 18.4 Å². The highest BCUT2D eigenvalue weighted by Crippen LogP contribution is 2.19. The van der Waals surface area contributed by atoms with E-state index in [0.717, 1.165) is 16.8 Å². The minimum absolute atomic E-state index is 0. The lowest BCUT2D eigenvalue weighted by atomic mass is 10.1. The number of hydrogen-bond donors (Lipinski definition) is 2. The molecule has 1 aromatic heterocycles. The van der Waals surface area contributed by atoms with Crippen LogP contribution in [0.2, 0.25) is 0 Å². The van der Waals surface area contributed by atoms with Gasteiger partial charge in [-0.3, -0.25) is 4.99 Å². The first-order valence-corrected chi connectivity index (χ1v) is 11.6. The van der Waals surface area contributed by atoms with Gasteiger partial charge in [-0.15, -0.1) is 24.0 Å². The number of benzene rings is 2. The Morgan fingerprint density at radius 1 is 1.16 bits per heavy atom. The molecule has 0 aliphatic rings. The van der Waals surface area contributed by atoms with Gasteiger partial charge in [0.2, 0.25) is 5.89 Å². The van der Waals surface area contributed by atoms with Gasteiger partial charge in [0.05, 0.1) is 10.6 Å². The van der Waals surface area contributed by atoms with Crippen LogP contribution in [0.1, 0.15) is 16.8 Å². The Morgan fingerprint density at radius 3 is 2.50 bits per heavy atom. The first kappa shape index (κ1) is 25.8. The smallest absolute Gasteiger partial charge is 0.226 e. The fraction of sp³-hybridized carbons (Fsp3) is 0.273. The minimum Gasteiger partial charge on any atom is -0.444 e. The van der Waals surface area contributed by atoms with Gasteiger partial charge < -0.3 is 15.1 Å². The lowest BCUT2D eigenvalue weighted by molar-refractivity contribution is 0.571. The first-order valence-electron chi connectivity index (χ1n) is 9.70. The number of aliphatic imine (C=N–C) groups is 1. The Balaban J connectivity index is 0.00000363. The molecule has 0 spiro atoms. The molecule has 0 aliphatic carbocycles. The van der Waals surface area contributed by atoms with Crippen LogP contribution in [-0.2, 0) is 22.8 Å². The summed E-state index contributed by atoms with van der Waals surface area (Å²) in [6, 6.07) is 11.2. The van der Waals surface area contributed by atoms with E-state index in [4.69, 9.17) is 4.42 Å². The highest BCUT2D eigenvalue weighted by molar-refractivity contribution is 14.0. The van der Waals surface area contributed by atoms with E-state index in [9.17, 15) is 12.8 Å². The predicted molar refractivity (Wildman–Crippen MR) is 134 cm³/mol. The maximum absolute atomic E-state index is 13.0. The highest BCUT2D eigenvalue weighted by atomic mass is 127. The SMILES string of the molecule is CN=C(NCCc1coc(-c2ccc(F)cc2)n1)NCc1ccc(S(C)(=O)=O)c(C)c1.I. The van der Waals surface area contributed by atoms with E-state index >= 15 is 0 Å². The summed E-state index contributed by atoms with van der Waals surface area (Å²) in [5.41, 5.74) is 3.16. The maximum atomic E-state index is 13.0. The predicted octanol–water partition coefficient (Wildman–Crippen LogP) is 3.72. The molecule has 3 rings (SSSR count). The Kier molecular flexibility index (Phi) is 9.20. The van der Waals surface area contributed by atoms with Crippen molar-refractivity contribution < 1.29 is 17.2 Å². The Hall–Kier alpha value is -2.47. The molecule has 0 atom stereocenters. The molecule has 0 aliphatic heterocycles. The summed E-state index contributed by atoms with van der Waals surface area (Å²) < 4.78 is 42.0. The normalized spacial score (nSPS) is 11.7. The molecular weight excluding hydrogens is 546 g/mol. The lowest BCUT2D eigenvalue weighted by Crippen LogP contribution is -2.37. The van der Waals surface area contributed by atoms with Crippen LogP contribution in [0.4, 0.5) is 4.39 Å². The van der Waals surface area contributed by atoms with Gasteiger partial charge in [-0.25, -0.2) is 17.8 Å². The summed E-state index contributed by atoms with van der Waals surface area (Å²) in [5, 5.41) is 6.41. The molecular formula is C22H26FIN4O3S. The molecule has 2 N–H and O–H groups in total. The molecule has 0 fully saturated rings. The van der Waals surface area contributed by atoms with Crippen molar-refractivity contribution in [3.63, 3.8) is 0 Å². The van der Waals surface area contributed by atoms with Crippen molar-refractivity contribution in [1.29, 1.82) is 0 Å². The summed E-state index contributed by atoms with van der Waals surface area (Å²) >= 11 is 0. The Labute approximate surface area is 204 Å². The topological polar surface area (TPSA) is 96.6 Å². The van der Waals surface area contributed by atoms with Crippen LogP contribution >= 0.6 is 24.0 Å². The van der Waals surface area contributed by atoms with Crippen LogP contribution in [0, 0.1) is 12.7 Å². The number of aromatic nitrogens is 1. The fourth-order valence-electron chi connectivity index (χ4n) is 3.10. The molecule has 0 unspecified atom stereocenters. The summed E-state index contributed by atoms with van der Waals surface area (Å²) in [4.78, 5) is 8.96. The number of sulfone groups is 1. The zero-order valence-corrected chi connectivity index (χ0v) is 21.2. The quantitative estimate of drug-likeness (QED) is 0.255. The second-order valence-electron chi connectivity index (χ2n) is 7.13. The molecule has 3 aromatic rings. The van der Waals surface area contributed by atoms with Gasteiger partial charge in [-0.2, -0.15) is 0 Å². The zero-order valence-electron chi connectivity index (χ0n) is 18.1. The van der Waals surface area contributed by atoms with Crippen LogP contribution in [0.25, 0.3) is 11.5 Å². The standard InChI is InChI=1S/C22H25FN4O3S.HI/c1-15-12-16(4-9-20(15)31(3,28)29)13-26-22(24-2)25-11-10-19-14-30-21(27-19)17-5-7-18(23)8-6-17;/h4-9,12,14H,10-11,13H2,1-3H3,(H2,24,25,26);1H. The number of nitrogens with zero attached hydrogens (tertiary/aromatic N) is 2. The average Bonchev–Trinajstić information content (AvgIpc) is 3.19. The molecule has 0 saturated carbocycles. The van der Waals surface area contributed by atoms with Crippen LogP contribution < -0.4 is 10.6 Å². The van der Waals surface area contributed by atoms with Gasteiger partial charge in [0.1, 0.15) is 12.1 Å². The number of halogens is 2. The molecule has 10 heteroatoms. The average molecular weight is 572 g/mol. The second-order valence-corrected chi connectivity index (χ2v) is 9.11. The third-order valence-electron chi connectivity index (χ3n) is 4.64. The van der Waals surface area contributed by atoms with Crippen LogP contribution in [0.5, 0.6) is 0 Å². The molecule has 7 nitrogen and oxygen atoms in total. The van der Waals surface area contributed by atoms with Crippen molar-refractivity contribution in [3.8, 4) is 11.5 Å². The number of rotatable bonds is 7. The van der Waals surface area contributed by atoms with Gasteiger partial charge in [0.15, 0.2) is 15.8 Å². The second kappa shape index (κ2) is 11.4. The molecule has 172 valence electrons. The molecule has 0 bridgehead atoms. The molecule has 32 heavy (non-hydrogen) atoms. The Bertz CT molecular complexity index is 1180. The van der Waals surface area contributed by atoms with Crippen molar-refractivity contribution in [1.82, 2.24) is 15.6 Å². The van der Waals surface area contributed by atoms with Crippen LogP contribution in [-0.4, -0.2) is 39.2 Å². The zero-order chi connectivity index (χ0) is 22.4. The maximum Gasteiger partial charge on any atom is 0.226 e. The number of oxazole rings is 1. The molecule has 2 aromatic carbocycles. The molecule has 0 radical (unpaired) electrons. The van der Waals surface area contributed by atoms with Crippen molar-refractivity contribution in [3.05, 3.63) is 71.4 Å². The van der Waals surface area contributed by atoms with Crippen molar-refractivity contribution >= 4 is 39.8 Å². The molecule has 0 amide bonds. The van der Waals surface area contributed by atoms with E-state index in [-0.39, 0.29) is 29.8 Å². The largest absolute Gasteiger partial charge is 0.444 e. The van der Waals surface area contributed by atoms with E-state index in [1.54, 1.807) is 44.5 Å². The van der Waals surface area contributed by atoms with Crippen LogP contribution in [0.15, 0.2) is 63.0 Å². The van der Waals surface area contributed by atoms with Gasteiger partial charge in [-0.05, 0) is 48.4 Å². The number of guanidine groups is 1. The van der Waals surface area contributed by atoms with E-state index < -0.39 is 9.84 Å². The Morgan fingerprint density at radius 2 is 1.88 bits per heavy atom. The van der Waals surface area contributed by atoms with Crippen molar-refractivity contribution in [2.24, 2.45) is 4.99 Å². The molecule has 0 saturated heterocycles. The molecule has 1 heterocycles. The highest BCUT2D eigenvalue weighted by Gasteiger charge is 2.11. The van der Waals surface area contributed by atoms with Gasteiger partial charge in [-0.1, -0.05) is 12.1 Å². The summed E-state index contributed by atoms with van der Waals surface area (Å²) in [7, 11) is -1.55.